The fourth-order valence-electron chi connectivity index (χ4n) is 3.07. The van der Waals surface area contributed by atoms with Crippen LogP contribution in [0.3, 0.4) is 0 Å². The van der Waals surface area contributed by atoms with Gasteiger partial charge in [0.15, 0.2) is 6.10 Å². The van der Waals surface area contributed by atoms with Gasteiger partial charge in [-0.1, -0.05) is 11.6 Å². The first-order valence-electron chi connectivity index (χ1n) is 9.16. The minimum Gasteiger partial charge on any atom is -0.497 e. The third kappa shape index (κ3) is 5.01. The maximum absolute atomic E-state index is 12.7. The van der Waals surface area contributed by atoms with E-state index >= 15 is 0 Å². The molecular formula is C20H23ClN2O5S. The number of halogens is 1. The standard InChI is InChI=1S/C20H23ClN2O5S/c1-15(28-18-7-5-17(27-2)6-8-18)20(24)22-11-13-23(14-12-22)29(25,26)19-9-3-16(21)4-10-19/h3-10,15H,11-14H2,1-2H3. The Morgan fingerprint density at radius 1 is 0.966 bits per heavy atom. The summed E-state index contributed by atoms with van der Waals surface area (Å²) in [4.78, 5) is 14.5. The van der Waals surface area contributed by atoms with Crippen molar-refractivity contribution in [2.45, 2.75) is 17.9 Å². The molecule has 1 saturated heterocycles. The summed E-state index contributed by atoms with van der Waals surface area (Å²) in [5.74, 6) is 1.09. The molecule has 2 aromatic rings. The monoisotopic (exact) mass is 438 g/mol. The van der Waals surface area contributed by atoms with E-state index < -0.39 is 16.1 Å². The van der Waals surface area contributed by atoms with Crippen LogP contribution >= 0.6 is 11.6 Å². The Bertz CT molecular complexity index is 940. The Balaban J connectivity index is 1.57. The molecule has 1 fully saturated rings. The molecule has 29 heavy (non-hydrogen) atoms. The average molecular weight is 439 g/mol. The van der Waals surface area contributed by atoms with Crippen LogP contribution < -0.4 is 9.47 Å². The van der Waals surface area contributed by atoms with Gasteiger partial charge in [0, 0.05) is 31.2 Å². The number of hydrogen-bond donors (Lipinski definition) is 0. The van der Waals surface area contributed by atoms with Gasteiger partial charge in [-0.25, -0.2) is 8.42 Å². The highest BCUT2D eigenvalue weighted by Gasteiger charge is 2.32. The highest BCUT2D eigenvalue weighted by Crippen LogP contribution is 2.21. The summed E-state index contributed by atoms with van der Waals surface area (Å²) in [7, 11) is -2.03. The lowest BCUT2D eigenvalue weighted by Gasteiger charge is -2.35. The SMILES string of the molecule is COc1ccc(OC(C)C(=O)N2CCN(S(=O)(=O)c3ccc(Cl)cc3)CC2)cc1. The van der Waals surface area contributed by atoms with Crippen molar-refractivity contribution in [3.63, 3.8) is 0 Å². The second kappa shape index (κ2) is 9.02. The maximum Gasteiger partial charge on any atom is 0.263 e. The molecule has 0 radical (unpaired) electrons. The summed E-state index contributed by atoms with van der Waals surface area (Å²) in [6.07, 6.45) is -0.678. The highest BCUT2D eigenvalue weighted by molar-refractivity contribution is 7.89. The average Bonchev–Trinajstić information content (AvgIpc) is 2.74. The molecule has 1 amide bonds. The Kier molecular flexibility index (Phi) is 6.66. The molecule has 9 heteroatoms. The molecule has 1 atom stereocenters. The van der Waals surface area contributed by atoms with Crippen LogP contribution in [0.2, 0.25) is 5.02 Å². The van der Waals surface area contributed by atoms with Crippen LogP contribution in [0, 0.1) is 0 Å². The van der Waals surface area contributed by atoms with Gasteiger partial charge in [0.1, 0.15) is 11.5 Å². The molecule has 3 rings (SSSR count). The van der Waals surface area contributed by atoms with Crippen molar-refractivity contribution in [1.29, 1.82) is 0 Å². The lowest BCUT2D eigenvalue weighted by molar-refractivity contribution is -0.139. The van der Waals surface area contributed by atoms with Crippen molar-refractivity contribution in [2.24, 2.45) is 0 Å². The van der Waals surface area contributed by atoms with Crippen LogP contribution in [0.5, 0.6) is 11.5 Å². The molecule has 1 aliphatic heterocycles. The zero-order valence-electron chi connectivity index (χ0n) is 16.2. The predicted molar refractivity (Wildman–Crippen MR) is 110 cm³/mol. The molecular weight excluding hydrogens is 416 g/mol. The number of methoxy groups -OCH3 is 1. The number of ether oxygens (including phenoxy) is 2. The first kappa shape index (κ1) is 21.4. The van der Waals surface area contributed by atoms with Gasteiger partial charge >= 0.3 is 0 Å². The predicted octanol–water partition coefficient (Wildman–Crippen LogP) is 2.65. The summed E-state index contributed by atoms with van der Waals surface area (Å²) in [5.41, 5.74) is 0. The number of nitrogens with zero attached hydrogens (tertiary/aromatic N) is 2. The topological polar surface area (TPSA) is 76.2 Å². The summed E-state index contributed by atoms with van der Waals surface area (Å²) >= 11 is 5.83. The molecule has 1 aliphatic rings. The molecule has 0 aromatic heterocycles. The Hall–Kier alpha value is -2.29. The van der Waals surface area contributed by atoms with Gasteiger partial charge in [0.25, 0.3) is 5.91 Å². The van der Waals surface area contributed by atoms with Crippen molar-refractivity contribution in [2.75, 3.05) is 33.3 Å². The van der Waals surface area contributed by atoms with E-state index in [0.29, 0.717) is 29.6 Å². The van der Waals surface area contributed by atoms with E-state index in [2.05, 4.69) is 0 Å². The number of carbonyl (C=O) groups is 1. The summed E-state index contributed by atoms with van der Waals surface area (Å²) in [6.45, 7) is 2.76. The van der Waals surface area contributed by atoms with E-state index in [1.807, 2.05) is 0 Å². The number of rotatable bonds is 6. The van der Waals surface area contributed by atoms with Crippen LogP contribution in [0.4, 0.5) is 0 Å². The number of carbonyl (C=O) groups excluding carboxylic acids is 1. The number of sulfonamides is 1. The summed E-state index contributed by atoms with van der Waals surface area (Å²) < 4.78 is 37.7. The van der Waals surface area contributed by atoms with Crippen molar-refractivity contribution >= 4 is 27.5 Å². The van der Waals surface area contributed by atoms with E-state index in [-0.39, 0.29) is 23.9 Å². The molecule has 7 nitrogen and oxygen atoms in total. The molecule has 156 valence electrons. The van der Waals surface area contributed by atoms with Crippen molar-refractivity contribution in [3.8, 4) is 11.5 Å². The molecule has 0 bridgehead atoms. The zero-order chi connectivity index (χ0) is 21.0. The first-order valence-corrected chi connectivity index (χ1v) is 11.0. The number of amides is 1. The first-order chi connectivity index (χ1) is 13.8. The van der Waals surface area contributed by atoms with E-state index in [1.165, 1.54) is 16.4 Å². The summed E-state index contributed by atoms with van der Waals surface area (Å²) in [5, 5.41) is 0.477. The Labute approximate surface area is 175 Å². The van der Waals surface area contributed by atoms with Crippen LogP contribution in [-0.4, -0.2) is 62.9 Å². The normalized spacial score (nSPS) is 16.3. The second-order valence-electron chi connectivity index (χ2n) is 6.62. The van der Waals surface area contributed by atoms with Gasteiger partial charge in [0.2, 0.25) is 10.0 Å². The third-order valence-electron chi connectivity index (χ3n) is 4.72. The fraction of sp³-hybridized carbons (Fsp3) is 0.350. The molecule has 2 aromatic carbocycles. The largest absolute Gasteiger partial charge is 0.497 e. The van der Waals surface area contributed by atoms with Gasteiger partial charge in [-0.05, 0) is 55.5 Å². The smallest absolute Gasteiger partial charge is 0.263 e. The number of benzene rings is 2. The number of piperazine rings is 1. The van der Waals surface area contributed by atoms with Gasteiger partial charge in [-0.3, -0.25) is 4.79 Å². The maximum atomic E-state index is 12.7. The van der Waals surface area contributed by atoms with Crippen molar-refractivity contribution < 1.29 is 22.7 Å². The Morgan fingerprint density at radius 2 is 1.52 bits per heavy atom. The van der Waals surface area contributed by atoms with Crippen LogP contribution in [0.1, 0.15) is 6.92 Å². The molecule has 0 saturated carbocycles. The highest BCUT2D eigenvalue weighted by atomic mass is 35.5. The lowest BCUT2D eigenvalue weighted by Crippen LogP contribution is -2.53. The van der Waals surface area contributed by atoms with Gasteiger partial charge < -0.3 is 14.4 Å². The minimum atomic E-state index is -3.61. The Morgan fingerprint density at radius 3 is 2.07 bits per heavy atom. The van der Waals surface area contributed by atoms with Gasteiger partial charge in [0.05, 0.1) is 12.0 Å². The lowest BCUT2D eigenvalue weighted by atomic mass is 10.2. The van der Waals surface area contributed by atoms with Gasteiger partial charge in [-0.2, -0.15) is 4.31 Å². The fourth-order valence-corrected chi connectivity index (χ4v) is 4.62. The van der Waals surface area contributed by atoms with Crippen LogP contribution in [-0.2, 0) is 14.8 Å². The molecule has 0 aliphatic carbocycles. The summed E-state index contributed by atoms with van der Waals surface area (Å²) in [6, 6.07) is 13.1. The third-order valence-corrected chi connectivity index (χ3v) is 6.89. The van der Waals surface area contributed by atoms with Crippen molar-refractivity contribution in [3.05, 3.63) is 53.6 Å². The van der Waals surface area contributed by atoms with Crippen LogP contribution in [0.25, 0.3) is 0 Å². The second-order valence-corrected chi connectivity index (χ2v) is 8.99. The molecule has 0 spiro atoms. The van der Waals surface area contributed by atoms with E-state index in [0.717, 1.165) is 0 Å². The van der Waals surface area contributed by atoms with Crippen molar-refractivity contribution in [1.82, 2.24) is 9.21 Å². The van der Waals surface area contributed by atoms with Crippen LogP contribution in [0.15, 0.2) is 53.4 Å². The van der Waals surface area contributed by atoms with E-state index in [1.54, 1.807) is 55.3 Å². The molecule has 0 N–H and O–H groups in total. The van der Waals surface area contributed by atoms with E-state index in [4.69, 9.17) is 21.1 Å². The molecule has 1 heterocycles. The van der Waals surface area contributed by atoms with Gasteiger partial charge in [-0.15, -0.1) is 0 Å². The molecule has 1 unspecified atom stereocenters. The minimum absolute atomic E-state index is 0.177. The van der Waals surface area contributed by atoms with E-state index in [9.17, 15) is 13.2 Å². The zero-order valence-corrected chi connectivity index (χ0v) is 17.8. The number of hydrogen-bond acceptors (Lipinski definition) is 5. The quantitative estimate of drug-likeness (QED) is 0.693.